The van der Waals surface area contributed by atoms with Crippen LogP contribution in [-0.4, -0.2) is 92.4 Å². The molecule has 0 saturated carbocycles. The van der Waals surface area contributed by atoms with Gasteiger partial charge in [-0.1, -0.05) is 6.07 Å². The molecule has 184 valence electrons. The zero-order valence-electron chi connectivity index (χ0n) is 20.9. The van der Waals surface area contributed by atoms with Crippen molar-refractivity contribution in [2.45, 2.75) is 45.6 Å². The minimum Gasteiger partial charge on any atom is -0.444 e. The van der Waals surface area contributed by atoms with Gasteiger partial charge in [0, 0.05) is 57.6 Å². The Morgan fingerprint density at radius 1 is 1.06 bits per heavy atom. The molecule has 2 heterocycles. The summed E-state index contributed by atoms with van der Waals surface area (Å²) >= 11 is 0. The molecule has 33 heavy (non-hydrogen) atoms. The molecule has 0 aromatic heterocycles. The van der Waals surface area contributed by atoms with Gasteiger partial charge in [-0.25, -0.2) is 9.86 Å². The number of rotatable bonds is 6. The number of hydroxylamine groups is 2. The van der Waals surface area contributed by atoms with Gasteiger partial charge in [0.05, 0.1) is 7.11 Å². The highest BCUT2D eigenvalue weighted by atomic mass is 16.7. The molecule has 2 saturated heterocycles. The Labute approximate surface area is 198 Å². The summed E-state index contributed by atoms with van der Waals surface area (Å²) in [6.45, 7) is 12.4. The van der Waals surface area contributed by atoms with Crippen molar-refractivity contribution in [3.8, 4) is 0 Å². The first-order chi connectivity index (χ1) is 15.7. The third kappa shape index (κ3) is 7.33. The number of anilines is 1. The van der Waals surface area contributed by atoms with Gasteiger partial charge in [0.15, 0.2) is 0 Å². The second-order valence-corrected chi connectivity index (χ2v) is 10.1. The maximum absolute atomic E-state index is 12.4. The van der Waals surface area contributed by atoms with Crippen LogP contribution in [0.25, 0.3) is 0 Å². The summed E-state index contributed by atoms with van der Waals surface area (Å²) in [5.74, 6) is 0.526. The predicted molar refractivity (Wildman–Crippen MR) is 129 cm³/mol. The monoisotopic (exact) mass is 460 g/mol. The van der Waals surface area contributed by atoms with Crippen LogP contribution in [0.3, 0.4) is 0 Å². The minimum atomic E-state index is -0.437. The molecule has 0 N–H and O–H groups in total. The lowest BCUT2D eigenvalue weighted by Gasteiger charge is -2.38. The van der Waals surface area contributed by atoms with Gasteiger partial charge in [0.1, 0.15) is 5.60 Å². The highest BCUT2D eigenvalue weighted by Gasteiger charge is 2.27. The number of amides is 2. The van der Waals surface area contributed by atoms with Crippen LogP contribution in [0.4, 0.5) is 10.5 Å². The zero-order chi connectivity index (χ0) is 24.0. The van der Waals surface area contributed by atoms with Crippen LogP contribution in [0.15, 0.2) is 24.3 Å². The van der Waals surface area contributed by atoms with Crippen LogP contribution in [0.5, 0.6) is 0 Å². The van der Waals surface area contributed by atoms with Crippen molar-refractivity contribution in [3.63, 3.8) is 0 Å². The SMILES string of the molecule is CON(C)C(=O)c1cccc(N2CCN(CCC3CCN(C(=O)OC(C)(C)C)CC3)CC2)c1. The average molecular weight is 461 g/mol. The average Bonchev–Trinajstić information content (AvgIpc) is 2.81. The lowest BCUT2D eigenvalue weighted by Crippen LogP contribution is -2.47. The van der Waals surface area contributed by atoms with E-state index in [-0.39, 0.29) is 12.0 Å². The molecule has 8 nitrogen and oxygen atoms in total. The molecule has 0 unspecified atom stereocenters. The summed E-state index contributed by atoms with van der Waals surface area (Å²) in [5.41, 5.74) is 1.28. The van der Waals surface area contributed by atoms with Gasteiger partial charge in [-0.3, -0.25) is 14.5 Å². The molecule has 1 aromatic carbocycles. The van der Waals surface area contributed by atoms with Crippen molar-refractivity contribution in [1.29, 1.82) is 0 Å². The molecule has 2 fully saturated rings. The predicted octanol–water partition coefficient (Wildman–Crippen LogP) is 3.48. The first-order valence-corrected chi connectivity index (χ1v) is 12.0. The van der Waals surface area contributed by atoms with E-state index in [0.717, 1.165) is 64.3 Å². The normalized spacial score (nSPS) is 18.3. The quantitative estimate of drug-likeness (QED) is 0.606. The molecule has 0 radical (unpaired) electrons. The van der Waals surface area contributed by atoms with E-state index in [4.69, 9.17) is 9.57 Å². The Hall–Kier alpha value is -2.32. The number of piperidine rings is 1. The Morgan fingerprint density at radius 2 is 1.73 bits per heavy atom. The second-order valence-electron chi connectivity index (χ2n) is 10.1. The summed E-state index contributed by atoms with van der Waals surface area (Å²) in [7, 11) is 3.11. The van der Waals surface area contributed by atoms with Gasteiger partial charge in [-0.15, -0.1) is 0 Å². The van der Waals surface area contributed by atoms with Crippen molar-refractivity contribution < 1.29 is 19.2 Å². The van der Waals surface area contributed by atoms with Crippen LogP contribution < -0.4 is 4.90 Å². The van der Waals surface area contributed by atoms with E-state index in [0.29, 0.717) is 11.5 Å². The summed E-state index contributed by atoms with van der Waals surface area (Å²) in [5, 5.41) is 1.25. The van der Waals surface area contributed by atoms with Crippen LogP contribution >= 0.6 is 0 Å². The fraction of sp³-hybridized carbons (Fsp3) is 0.680. The molecular weight excluding hydrogens is 420 g/mol. The molecule has 0 aliphatic carbocycles. The maximum atomic E-state index is 12.4. The van der Waals surface area contributed by atoms with Crippen molar-refractivity contribution >= 4 is 17.7 Å². The molecule has 0 spiro atoms. The zero-order valence-corrected chi connectivity index (χ0v) is 20.9. The number of ether oxygens (including phenoxy) is 1. The van der Waals surface area contributed by atoms with Gasteiger partial charge in [0.25, 0.3) is 5.91 Å². The van der Waals surface area contributed by atoms with E-state index < -0.39 is 5.60 Å². The summed E-state index contributed by atoms with van der Waals surface area (Å²) < 4.78 is 5.50. The standard InChI is InChI=1S/C25H40N4O4/c1-25(2,3)33-24(31)29-13-10-20(11-14-29)9-12-27-15-17-28(18-16-27)22-8-6-7-21(19-22)23(30)26(4)32-5/h6-8,19-20H,9-18H2,1-5H3. The summed E-state index contributed by atoms with van der Waals surface area (Å²) in [4.78, 5) is 36.4. The van der Waals surface area contributed by atoms with Crippen LogP contribution in [-0.2, 0) is 9.57 Å². The fourth-order valence-electron chi connectivity index (χ4n) is 4.43. The molecule has 3 rings (SSSR count). The highest BCUT2D eigenvalue weighted by molar-refractivity contribution is 5.94. The molecule has 8 heteroatoms. The number of hydrogen-bond acceptors (Lipinski definition) is 6. The Kier molecular flexibility index (Phi) is 8.59. The number of benzene rings is 1. The van der Waals surface area contributed by atoms with Gasteiger partial charge < -0.3 is 14.5 Å². The van der Waals surface area contributed by atoms with Crippen LogP contribution in [0, 0.1) is 5.92 Å². The molecule has 2 aliphatic heterocycles. The number of likely N-dealkylation sites (tertiary alicyclic amines) is 1. The molecule has 1 aromatic rings. The third-order valence-corrected chi connectivity index (χ3v) is 6.51. The first kappa shape index (κ1) is 25.3. The van der Waals surface area contributed by atoms with E-state index in [9.17, 15) is 9.59 Å². The lowest BCUT2D eigenvalue weighted by atomic mass is 9.93. The Bertz CT molecular complexity index is 794. The van der Waals surface area contributed by atoms with Crippen LogP contribution in [0.1, 0.15) is 50.4 Å². The van der Waals surface area contributed by atoms with Crippen molar-refractivity contribution in [3.05, 3.63) is 29.8 Å². The van der Waals surface area contributed by atoms with E-state index in [1.165, 1.54) is 18.6 Å². The minimum absolute atomic E-state index is 0.143. The van der Waals surface area contributed by atoms with E-state index in [1.54, 1.807) is 7.05 Å². The van der Waals surface area contributed by atoms with E-state index in [2.05, 4.69) is 15.9 Å². The smallest absolute Gasteiger partial charge is 0.410 e. The second kappa shape index (κ2) is 11.2. The first-order valence-electron chi connectivity index (χ1n) is 12.0. The highest BCUT2D eigenvalue weighted by Crippen LogP contribution is 2.24. The molecule has 2 aliphatic rings. The molecular formula is C25H40N4O4. The summed E-state index contributed by atoms with van der Waals surface area (Å²) in [6, 6.07) is 7.78. The van der Waals surface area contributed by atoms with Gasteiger partial charge in [-0.2, -0.15) is 0 Å². The van der Waals surface area contributed by atoms with Gasteiger partial charge in [0.2, 0.25) is 0 Å². The number of hydrogen-bond donors (Lipinski definition) is 0. The number of carbonyl (C=O) groups excluding carboxylic acids is 2. The fourth-order valence-corrected chi connectivity index (χ4v) is 4.43. The molecule has 0 bridgehead atoms. The largest absolute Gasteiger partial charge is 0.444 e. The van der Waals surface area contributed by atoms with Gasteiger partial charge in [-0.05, 0) is 70.7 Å². The van der Waals surface area contributed by atoms with Crippen molar-refractivity contribution in [1.82, 2.24) is 14.9 Å². The van der Waals surface area contributed by atoms with Crippen molar-refractivity contribution in [2.75, 3.05) is 64.9 Å². The summed E-state index contributed by atoms with van der Waals surface area (Å²) in [6.07, 6.45) is 3.10. The third-order valence-electron chi connectivity index (χ3n) is 6.51. The Balaban J connectivity index is 1.39. The van der Waals surface area contributed by atoms with E-state index >= 15 is 0 Å². The maximum Gasteiger partial charge on any atom is 0.410 e. The molecule has 2 amide bonds. The Morgan fingerprint density at radius 3 is 2.33 bits per heavy atom. The number of carbonyl (C=O) groups is 2. The molecule has 0 atom stereocenters. The van der Waals surface area contributed by atoms with Gasteiger partial charge >= 0.3 is 6.09 Å². The lowest BCUT2D eigenvalue weighted by molar-refractivity contribution is -0.0756. The number of nitrogens with zero attached hydrogens (tertiary/aromatic N) is 4. The topological polar surface area (TPSA) is 65.6 Å². The number of piperazine rings is 1. The van der Waals surface area contributed by atoms with Crippen molar-refractivity contribution in [2.24, 2.45) is 5.92 Å². The van der Waals surface area contributed by atoms with Crippen LogP contribution in [0.2, 0.25) is 0 Å². The van der Waals surface area contributed by atoms with E-state index in [1.807, 2.05) is 43.9 Å².